The number of carbonyl (C=O) groups is 1. The number of nitrogens with zero attached hydrogens (tertiary/aromatic N) is 1. The van der Waals surface area contributed by atoms with Gasteiger partial charge in [0.05, 0.1) is 5.69 Å². The van der Waals surface area contributed by atoms with Crippen LogP contribution in [0.15, 0.2) is 24.3 Å². The monoisotopic (exact) mass is 259 g/mol. The smallest absolute Gasteiger partial charge is 0.226 e. The molecule has 0 bridgehead atoms. The van der Waals surface area contributed by atoms with Crippen molar-refractivity contribution in [3.63, 3.8) is 0 Å². The fourth-order valence-corrected chi connectivity index (χ4v) is 2.34. The lowest BCUT2D eigenvalue weighted by Gasteiger charge is -2.18. The summed E-state index contributed by atoms with van der Waals surface area (Å²) in [6.07, 6.45) is 1.19. The van der Waals surface area contributed by atoms with Crippen LogP contribution in [0.2, 0.25) is 0 Å². The average molecular weight is 259 g/mol. The Morgan fingerprint density at radius 3 is 2.79 bits per heavy atom. The quantitative estimate of drug-likeness (QED) is 0.886. The minimum Gasteiger partial charge on any atom is -0.357 e. The minimum absolute atomic E-state index is 0.0569. The number of nitrogens with one attached hydrogen (secondary N) is 1. The summed E-state index contributed by atoms with van der Waals surface area (Å²) in [5.41, 5.74) is 8.74. The van der Waals surface area contributed by atoms with Crippen LogP contribution in [0.1, 0.15) is 25.5 Å². The number of aromatic nitrogens is 1. The number of fused-ring (bicyclic) bond motifs is 1. The van der Waals surface area contributed by atoms with Crippen LogP contribution in [0, 0.1) is 6.92 Å². The van der Waals surface area contributed by atoms with Gasteiger partial charge in [-0.1, -0.05) is 18.2 Å². The Balaban J connectivity index is 2.28. The molecule has 1 unspecified atom stereocenters. The zero-order valence-corrected chi connectivity index (χ0v) is 11.7. The lowest BCUT2D eigenvalue weighted by molar-refractivity contribution is -0.118. The number of amides is 1. The first-order valence-corrected chi connectivity index (χ1v) is 6.60. The second kappa shape index (κ2) is 5.45. The van der Waals surface area contributed by atoms with E-state index in [4.69, 9.17) is 5.73 Å². The van der Waals surface area contributed by atoms with Crippen molar-refractivity contribution in [1.29, 1.82) is 0 Å². The third kappa shape index (κ3) is 2.79. The number of H-pyrrole nitrogens is 1. The number of aryl methyl sites for hydroxylation is 1. The molecule has 0 saturated carbocycles. The summed E-state index contributed by atoms with van der Waals surface area (Å²) < 4.78 is 0. The lowest BCUT2D eigenvalue weighted by atomic mass is 10.1. The van der Waals surface area contributed by atoms with Gasteiger partial charge < -0.3 is 15.6 Å². The molecule has 102 valence electrons. The number of hydrogen-bond donors (Lipinski definition) is 2. The van der Waals surface area contributed by atoms with Crippen molar-refractivity contribution in [2.45, 2.75) is 32.7 Å². The van der Waals surface area contributed by atoms with E-state index in [9.17, 15) is 4.79 Å². The predicted molar refractivity (Wildman–Crippen MR) is 79.3 cm³/mol. The number of nitrogens with two attached hydrogens (primary N) is 1. The summed E-state index contributed by atoms with van der Waals surface area (Å²) in [6.45, 7) is 3.91. The third-order valence-corrected chi connectivity index (χ3v) is 3.38. The molecule has 0 radical (unpaired) electrons. The van der Waals surface area contributed by atoms with E-state index >= 15 is 0 Å². The highest BCUT2D eigenvalue weighted by Crippen LogP contribution is 2.30. The molecule has 0 aliphatic heterocycles. The molecule has 0 spiro atoms. The summed E-state index contributed by atoms with van der Waals surface area (Å²) in [5.74, 6) is 0.102. The zero-order chi connectivity index (χ0) is 14.0. The summed E-state index contributed by atoms with van der Waals surface area (Å²) in [5, 5.41) is 1.08. The topological polar surface area (TPSA) is 62.1 Å². The van der Waals surface area contributed by atoms with Gasteiger partial charge in [0, 0.05) is 36.1 Å². The van der Waals surface area contributed by atoms with Gasteiger partial charge in [0.1, 0.15) is 0 Å². The summed E-state index contributed by atoms with van der Waals surface area (Å²) in [6, 6.07) is 8.08. The molecule has 1 amide bonds. The van der Waals surface area contributed by atoms with Crippen molar-refractivity contribution < 1.29 is 4.79 Å². The minimum atomic E-state index is 0.0569. The molecule has 2 rings (SSSR count). The third-order valence-electron chi connectivity index (χ3n) is 3.38. The van der Waals surface area contributed by atoms with Crippen LogP contribution in [-0.4, -0.2) is 24.0 Å². The second-order valence-electron chi connectivity index (χ2n) is 5.11. The SMILES string of the molecule is Cc1[nH]c2ccccc2c1N(C)C(=O)CCC(C)N. The number of hydrogen-bond acceptors (Lipinski definition) is 2. The van der Waals surface area contributed by atoms with E-state index in [1.54, 1.807) is 4.90 Å². The number of para-hydroxylation sites is 1. The Morgan fingerprint density at radius 2 is 2.11 bits per heavy atom. The molecule has 0 saturated heterocycles. The van der Waals surface area contributed by atoms with Crippen molar-refractivity contribution in [1.82, 2.24) is 4.98 Å². The van der Waals surface area contributed by atoms with E-state index in [2.05, 4.69) is 4.98 Å². The van der Waals surface area contributed by atoms with Gasteiger partial charge in [0.25, 0.3) is 0 Å². The first kappa shape index (κ1) is 13.6. The van der Waals surface area contributed by atoms with E-state index in [1.165, 1.54) is 0 Å². The number of aromatic amines is 1. The molecular weight excluding hydrogens is 238 g/mol. The maximum absolute atomic E-state index is 12.2. The zero-order valence-electron chi connectivity index (χ0n) is 11.7. The van der Waals surface area contributed by atoms with Gasteiger partial charge in [0.2, 0.25) is 5.91 Å². The van der Waals surface area contributed by atoms with Gasteiger partial charge in [-0.3, -0.25) is 4.79 Å². The molecular formula is C15H21N3O. The highest BCUT2D eigenvalue weighted by Gasteiger charge is 2.17. The first-order chi connectivity index (χ1) is 9.00. The maximum atomic E-state index is 12.2. The molecule has 1 aromatic heterocycles. The summed E-state index contributed by atoms with van der Waals surface area (Å²) in [4.78, 5) is 17.2. The number of rotatable bonds is 4. The molecule has 19 heavy (non-hydrogen) atoms. The fraction of sp³-hybridized carbons (Fsp3) is 0.400. The summed E-state index contributed by atoms with van der Waals surface area (Å²) in [7, 11) is 1.83. The molecule has 3 N–H and O–H groups in total. The van der Waals surface area contributed by atoms with Gasteiger partial charge in [-0.05, 0) is 26.3 Å². The van der Waals surface area contributed by atoms with Crippen LogP contribution in [0.4, 0.5) is 5.69 Å². The number of benzene rings is 1. The molecule has 4 heteroatoms. The Kier molecular flexibility index (Phi) is 3.90. The van der Waals surface area contributed by atoms with Crippen LogP contribution >= 0.6 is 0 Å². The molecule has 0 aliphatic rings. The predicted octanol–water partition coefficient (Wildman–Crippen LogP) is 2.57. The molecule has 0 aliphatic carbocycles. The van der Waals surface area contributed by atoms with Crippen LogP contribution in [0.25, 0.3) is 10.9 Å². The largest absolute Gasteiger partial charge is 0.357 e. The van der Waals surface area contributed by atoms with Crippen molar-refractivity contribution >= 4 is 22.5 Å². The Morgan fingerprint density at radius 1 is 1.42 bits per heavy atom. The Bertz CT molecular complexity index is 586. The van der Waals surface area contributed by atoms with Gasteiger partial charge in [0.15, 0.2) is 0 Å². The Hall–Kier alpha value is -1.81. The van der Waals surface area contributed by atoms with Crippen LogP contribution in [0.5, 0.6) is 0 Å². The van der Waals surface area contributed by atoms with Gasteiger partial charge in [-0.25, -0.2) is 0 Å². The van der Waals surface area contributed by atoms with E-state index in [0.29, 0.717) is 12.8 Å². The van der Waals surface area contributed by atoms with Crippen molar-refractivity contribution in [3.8, 4) is 0 Å². The fourth-order valence-electron chi connectivity index (χ4n) is 2.34. The standard InChI is InChI=1S/C15H21N3O/c1-10(16)8-9-14(19)18(3)15-11(2)17-13-7-5-4-6-12(13)15/h4-7,10,17H,8-9,16H2,1-3H3. The Labute approximate surface area is 113 Å². The molecule has 1 atom stereocenters. The molecule has 4 nitrogen and oxygen atoms in total. The highest BCUT2D eigenvalue weighted by atomic mass is 16.2. The van der Waals surface area contributed by atoms with Crippen LogP contribution in [-0.2, 0) is 4.79 Å². The van der Waals surface area contributed by atoms with E-state index in [1.807, 2.05) is 45.2 Å². The molecule has 2 aromatic rings. The maximum Gasteiger partial charge on any atom is 0.226 e. The van der Waals surface area contributed by atoms with Crippen molar-refractivity contribution in [2.75, 3.05) is 11.9 Å². The van der Waals surface area contributed by atoms with Crippen LogP contribution < -0.4 is 10.6 Å². The normalized spacial score (nSPS) is 12.6. The van der Waals surface area contributed by atoms with E-state index in [0.717, 1.165) is 22.3 Å². The van der Waals surface area contributed by atoms with Gasteiger partial charge >= 0.3 is 0 Å². The van der Waals surface area contributed by atoms with Gasteiger partial charge in [-0.15, -0.1) is 0 Å². The van der Waals surface area contributed by atoms with Gasteiger partial charge in [-0.2, -0.15) is 0 Å². The molecule has 0 fully saturated rings. The highest BCUT2D eigenvalue weighted by molar-refractivity contribution is 6.04. The molecule has 1 aromatic carbocycles. The van der Waals surface area contributed by atoms with E-state index in [-0.39, 0.29) is 11.9 Å². The van der Waals surface area contributed by atoms with E-state index < -0.39 is 0 Å². The first-order valence-electron chi connectivity index (χ1n) is 6.60. The average Bonchev–Trinajstić information content (AvgIpc) is 2.70. The summed E-state index contributed by atoms with van der Waals surface area (Å²) >= 11 is 0. The number of anilines is 1. The lowest BCUT2D eigenvalue weighted by Crippen LogP contribution is -2.28. The second-order valence-corrected chi connectivity index (χ2v) is 5.11. The number of carbonyl (C=O) groups excluding carboxylic acids is 1. The van der Waals surface area contributed by atoms with Crippen LogP contribution in [0.3, 0.4) is 0 Å². The molecule has 1 heterocycles. The van der Waals surface area contributed by atoms with Crippen molar-refractivity contribution in [3.05, 3.63) is 30.0 Å². The van der Waals surface area contributed by atoms with Crippen molar-refractivity contribution in [2.24, 2.45) is 5.73 Å².